The van der Waals surface area contributed by atoms with Crippen molar-refractivity contribution in [3.63, 3.8) is 0 Å². The van der Waals surface area contributed by atoms with Gasteiger partial charge < -0.3 is 20.0 Å². The van der Waals surface area contributed by atoms with Crippen LogP contribution in [0.4, 0.5) is 5.69 Å². The average Bonchev–Trinajstić information content (AvgIpc) is 3.25. The zero-order chi connectivity index (χ0) is 16.9. The second-order valence-electron chi connectivity index (χ2n) is 6.23. The van der Waals surface area contributed by atoms with Crippen molar-refractivity contribution in [2.24, 2.45) is 0 Å². The van der Waals surface area contributed by atoms with E-state index >= 15 is 0 Å². The third-order valence-electron chi connectivity index (χ3n) is 4.52. The standard InChI is InChI=1S/C18H22ClN3OS/c1-13-6-7-14(11-15(13)19)21-18(24)20-12-16(17-5-4-10-23-17)22-8-2-3-9-22/h4-7,10-11,16H,2-3,8-9,12H2,1H3,(H2,20,21,24)/p+1/t16-/m0/s1. The summed E-state index contributed by atoms with van der Waals surface area (Å²) in [6.07, 6.45) is 4.29. The summed E-state index contributed by atoms with van der Waals surface area (Å²) in [4.78, 5) is 1.55. The average molecular weight is 365 g/mol. The van der Waals surface area contributed by atoms with Crippen molar-refractivity contribution in [2.75, 3.05) is 25.0 Å². The van der Waals surface area contributed by atoms with Gasteiger partial charge in [0.05, 0.1) is 25.9 Å². The maximum Gasteiger partial charge on any atom is 0.171 e. The predicted octanol–water partition coefficient (Wildman–Crippen LogP) is 2.95. The molecule has 0 saturated carbocycles. The van der Waals surface area contributed by atoms with E-state index in [0.717, 1.165) is 28.6 Å². The number of furan rings is 1. The van der Waals surface area contributed by atoms with Crippen LogP contribution in [0.3, 0.4) is 0 Å². The molecule has 128 valence electrons. The van der Waals surface area contributed by atoms with Gasteiger partial charge in [-0.2, -0.15) is 0 Å². The quantitative estimate of drug-likeness (QED) is 0.713. The first-order valence-corrected chi connectivity index (χ1v) is 9.11. The molecule has 0 unspecified atom stereocenters. The zero-order valence-electron chi connectivity index (χ0n) is 13.8. The number of quaternary nitrogens is 1. The van der Waals surface area contributed by atoms with Gasteiger partial charge in [-0.1, -0.05) is 17.7 Å². The SMILES string of the molecule is Cc1ccc(NC(=S)NC[C@@H](c2ccco2)[NH+]2CCCC2)cc1Cl. The summed E-state index contributed by atoms with van der Waals surface area (Å²) >= 11 is 11.6. The van der Waals surface area contributed by atoms with Crippen LogP contribution in [0, 0.1) is 6.92 Å². The third kappa shape index (κ3) is 4.29. The van der Waals surface area contributed by atoms with Crippen LogP contribution >= 0.6 is 23.8 Å². The molecule has 1 aromatic carbocycles. The minimum Gasteiger partial charge on any atom is -0.463 e. The van der Waals surface area contributed by atoms with Crippen LogP contribution in [-0.2, 0) is 0 Å². The highest BCUT2D eigenvalue weighted by molar-refractivity contribution is 7.80. The Hall–Kier alpha value is -1.56. The maximum absolute atomic E-state index is 6.16. The number of nitrogens with one attached hydrogen (secondary N) is 3. The summed E-state index contributed by atoms with van der Waals surface area (Å²) in [6, 6.07) is 10.1. The molecular weight excluding hydrogens is 342 g/mol. The molecule has 0 radical (unpaired) electrons. The second kappa shape index (κ2) is 8.01. The van der Waals surface area contributed by atoms with Crippen LogP contribution in [-0.4, -0.2) is 24.7 Å². The van der Waals surface area contributed by atoms with E-state index in [0.29, 0.717) is 5.11 Å². The number of hydrogen-bond acceptors (Lipinski definition) is 2. The van der Waals surface area contributed by atoms with Gasteiger partial charge in [-0.3, -0.25) is 0 Å². The topological polar surface area (TPSA) is 41.6 Å². The fraction of sp³-hybridized carbons (Fsp3) is 0.389. The third-order valence-corrected chi connectivity index (χ3v) is 5.18. The lowest BCUT2D eigenvalue weighted by Crippen LogP contribution is -3.11. The number of likely N-dealkylation sites (tertiary alicyclic amines) is 1. The molecule has 1 aliphatic heterocycles. The fourth-order valence-corrected chi connectivity index (χ4v) is 3.54. The lowest BCUT2D eigenvalue weighted by molar-refractivity contribution is -0.919. The van der Waals surface area contributed by atoms with Crippen molar-refractivity contribution < 1.29 is 9.32 Å². The van der Waals surface area contributed by atoms with E-state index < -0.39 is 0 Å². The summed E-state index contributed by atoms with van der Waals surface area (Å²) in [5.41, 5.74) is 1.95. The largest absolute Gasteiger partial charge is 0.463 e. The molecule has 1 aromatic heterocycles. The van der Waals surface area contributed by atoms with Gasteiger partial charge >= 0.3 is 0 Å². The Morgan fingerprint density at radius 1 is 1.33 bits per heavy atom. The van der Waals surface area contributed by atoms with Crippen molar-refractivity contribution in [1.82, 2.24) is 5.32 Å². The molecule has 2 heterocycles. The molecule has 1 saturated heterocycles. The lowest BCUT2D eigenvalue weighted by atomic mass is 10.2. The van der Waals surface area contributed by atoms with Crippen molar-refractivity contribution in [2.45, 2.75) is 25.8 Å². The Kier molecular flexibility index (Phi) is 5.76. The number of hydrogen-bond donors (Lipinski definition) is 3. The first-order chi connectivity index (χ1) is 11.6. The Morgan fingerprint density at radius 3 is 2.79 bits per heavy atom. The molecule has 3 rings (SSSR count). The first kappa shape index (κ1) is 17.3. The van der Waals surface area contributed by atoms with Crippen LogP contribution < -0.4 is 15.5 Å². The number of aryl methyl sites for hydroxylation is 1. The minimum absolute atomic E-state index is 0.281. The van der Waals surface area contributed by atoms with Crippen molar-refractivity contribution >= 4 is 34.6 Å². The molecule has 0 aliphatic carbocycles. The Bertz CT molecular complexity index is 684. The molecule has 0 amide bonds. The van der Waals surface area contributed by atoms with E-state index in [-0.39, 0.29) is 6.04 Å². The van der Waals surface area contributed by atoms with Crippen LogP contribution in [0.5, 0.6) is 0 Å². The number of rotatable bonds is 5. The normalized spacial score (nSPS) is 16.1. The summed E-state index contributed by atoms with van der Waals surface area (Å²) in [5, 5.41) is 7.86. The summed E-state index contributed by atoms with van der Waals surface area (Å²) < 4.78 is 5.65. The maximum atomic E-state index is 6.16. The van der Waals surface area contributed by atoms with Gasteiger partial charge in [0.1, 0.15) is 0 Å². The van der Waals surface area contributed by atoms with Crippen LogP contribution in [0.2, 0.25) is 5.02 Å². The molecule has 24 heavy (non-hydrogen) atoms. The molecule has 0 bridgehead atoms. The van der Waals surface area contributed by atoms with Gasteiger partial charge in [0.15, 0.2) is 16.9 Å². The Morgan fingerprint density at radius 2 is 2.12 bits per heavy atom. The molecule has 1 aliphatic rings. The van der Waals surface area contributed by atoms with Crippen LogP contribution in [0.25, 0.3) is 0 Å². The molecule has 6 heteroatoms. The fourth-order valence-electron chi connectivity index (χ4n) is 3.15. The molecule has 2 aromatic rings. The molecule has 1 fully saturated rings. The Balaban J connectivity index is 1.59. The number of benzene rings is 1. The first-order valence-electron chi connectivity index (χ1n) is 8.32. The predicted molar refractivity (Wildman–Crippen MR) is 102 cm³/mol. The smallest absolute Gasteiger partial charge is 0.171 e. The van der Waals surface area contributed by atoms with E-state index in [1.807, 2.05) is 37.3 Å². The molecular formula is C18H23ClN3OS+. The van der Waals surface area contributed by atoms with Crippen LogP contribution in [0.15, 0.2) is 41.0 Å². The van der Waals surface area contributed by atoms with Crippen molar-refractivity contribution in [3.05, 3.63) is 52.9 Å². The lowest BCUT2D eigenvalue weighted by Gasteiger charge is -2.23. The van der Waals surface area contributed by atoms with Gasteiger partial charge in [0.2, 0.25) is 0 Å². The molecule has 1 atom stereocenters. The van der Waals surface area contributed by atoms with Gasteiger partial charge in [-0.25, -0.2) is 0 Å². The number of halogens is 1. The van der Waals surface area contributed by atoms with E-state index in [2.05, 4.69) is 10.6 Å². The number of thiocarbonyl (C=S) groups is 1. The highest BCUT2D eigenvalue weighted by atomic mass is 35.5. The minimum atomic E-state index is 0.281. The van der Waals surface area contributed by atoms with Gasteiger partial charge in [0, 0.05) is 23.6 Å². The number of anilines is 1. The van der Waals surface area contributed by atoms with E-state index in [9.17, 15) is 0 Å². The summed E-state index contributed by atoms with van der Waals surface area (Å²) in [7, 11) is 0. The Labute approximate surface area is 153 Å². The summed E-state index contributed by atoms with van der Waals surface area (Å²) in [6.45, 7) is 5.09. The second-order valence-corrected chi connectivity index (χ2v) is 7.05. The highest BCUT2D eigenvalue weighted by Crippen LogP contribution is 2.20. The van der Waals surface area contributed by atoms with E-state index in [1.54, 1.807) is 11.2 Å². The monoisotopic (exact) mass is 364 g/mol. The highest BCUT2D eigenvalue weighted by Gasteiger charge is 2.29. The van der Waals surface area contributed by atoms with Crippen LogP contribution in [0.1, 0.15) is 30.2 Å². The molecule has 4 nitrogen and oxygen atoms in total. The molecule has 0 spiro atoms. The van der Waals surface area contributed by atoms with Crippen molar-refractivity contribution in [1.29, 1.82) is 0 Å². The molecule has 3 N–H and O–H groups in total. The summed E-state index contributed by atoms with van der Waals surface area (Å²) in [5.74, 6) is 1.01. The van der Waals surface area contributed by atoms with Gasteiger partial charge in [-0.15, -0.1) is 0 Å². The van der Waals surface area contributed by atoms with Gasteiger partial charge in [0.25, 0.3) is 0 Å². The van der Waals surface area contributed by atoms with E-state index in [1.165, 1.54) is 25.9 Å². The van der Waals surface area contributed by atoms with Crippen molar-refractivity contribution in [3.8, 4) is 0 Å². The van der Waals surface area contributed by atoms with E-state index in [4.69, 9.17) is 28.2 Å². The van der Waals surface area contributed by atoms with Gasteiger partial charge in [-0.05, 0) is 49.0 Å². The zero-order valence-corrected chi connectivity index (χ0v) is 15.3.